The summed E-state index contributed by atoms with van der Waals surface area (Å²) in [6, 6.07) is 26.4. The fourth-order valence-corrected chi connectivity index (χ4v) is 5.17. The van der Waals surface area contributed by atoms with Gasteiger partial charge in [0.05, 0.1) is 0 Å². The van der Waals surface area contributed by atoms with Gasteiger partial charge >= 0.3 is 0 Å². The van der Waals surface area contributed by atoms with Crippen molar-refractivity contribution in [3.63, 3.8) is 0 Å². The average molecular weight is 485 g/mol. The molecule has 3 aromatic rings. The number of carbonyl (C=O) groups is 1. The Morgan fingerprint density at radius 3 is 2.31 bits per heavy atom. The molecule has 0 spiro atoms. The zero-order valence-electron chi connectivity index (χ0n) is 20.8. The Kier molecular flexibility index (Phi) is 7.72. The van der Waals surface area contributed by atoms with Crippen LogP contribution in [0.3, 0.4) is 0 Å². The predicted octanol–water partition coefficient (Wildman–Crippen LogP) is 4.71. The van der Waals surface area contributed by atoms with Crippen molar-refractivity contribution in [1.82, 2.24) is 10.2 Å². The summed E-state index contributed by atoms with van der Waals surface area (Å²) in [7, 11) is 0. The molecule has 2 aliphatic rings. The monoisotopic (exact) mass is 484 g/mol. The lowest BCUT2D eigenvalue weighted by molar-refractivity contribution is 0.0907. The smallest absolute Gasteiger partial charge is 0.251 e. The third-order valence-electron chi connectivity index (χ3n) is 7.27. The third-order valence-corrected chi connectivity index (χ3v) is 7.27. The molecule has 0 aromatic heterocycles. The Morgan fingerprint density at radius 1 is 0.861 bits per heavy atom. The van der Waals surface area contributed by atoms with Crippen molar-refractivity contribution >= 4 is 17.3 Å². The second-order valence-electron chi connectivity index (χ2n) is 9.93. The molecule has 188 valence electrons. The molecule has 0 unspecified atom stereocenters. The molecule has 6 heteroatoms. The molecule has 2 aliphatic heterocycles. The summed E-state index contributed by atoms with van der Waals surface area (Å²) >= 11 is 0. The van der Waals surface area contributed by atoms with Crippen LogP contribution in [0, 0.1) is 0 Å². The maximum atomic E-state index is 13.0. The maximum Gasteiger partial charge on any atom is 0.251 e. The molecule has 0 radical (unpaired) electrons. The zero-order valence-corrected chi connectivity index (χ0v) is 20.8. The molecule has 0 saturated carbocycles. The van der Waals surface area contributed by atoms with Crippen molar-refractivity contribution in [2.75, 3.05) is 36.8 Å². The van der Waals surface area contributed by atoms with E-state index >= 15 is 0 Å². The predicted molar refractivity (Wildman–Crippen MR) is 145 cm³/mol. The first-order valence-corrected chi connectivity index (χ1v) is 13.1. The van der Waals surface area contributed by atoms with Crippen molar-refractivity contribution in [3.8, 4) is 5.75 Å². The largest absolute Gasteiger partial charge is 0.490 e. The minimum atomic E-state index is -0.0138. The van der Waals surface area contributed by atoms with Crippen LogP contribution in [-0.4, -0.2) is 49.1 Å². The van der Waals surface area contributed by atoms with Gasteiger partial charge in [0, 0.05) is 68.5 Å². The van der Waals surface area contributed by atoms with Gasteiger partial charge in [0.15, 0.2) is 0 Å². The van der Waals surface area contributed by atoms with Crippen LogP contribution in [0.2, 0.25) is 0 Å². The Labute approximate surface area is 214 Å². The topological polar surface area (TPSA) is 70.8 Å². The van der Waals surface area contributed by atoms with E-state index in [-0.39, 0.29) is 18.1 Å². The van der Waals surface area contributed by atoms with E-state index in [1.807, 2.05) is 36.4 Å². The van der Waals surface area contributed by atoms with Gasteiger partial charge < -0.3 is 20.7 Å². The minimum absolute atomic E-state index is 0.0138. The van der Waals surface area contributed by atoms with Gasteiger partial charge in [-0.1, -0.05) is 36.4 Å². The normalized spacial score (nSPS) is 17.6. The van der Waals surface area contributed by atoms with Gasteiger partial charge in [0.1, 0.15) is 11.9 Å². The highest BCUT2D eigenvalue weighted by molar-refractivity contribution is 5.94. The van der Waals surface area contributed by atoms with Gasteiger partial charge in [-0.3, -0.25) is 9.69 Å². The number of ether oxygens (including phenoxy) is 1. The van der Waals surface area contributed by atoms with E-state index in [4.69, 9.17) is 10.5 Å². The van der Waals surface area contributed by atoms with E-state index in [0.717, 1.165) is 69.8 Å². The second-order valence-corrected chi connectivity index (χ2v) is 9.93. The summed E-state index contributed by atoms with van der Waals surface area (Å²) in [6.45, 7) is 4.85. The van der Waals surface area contributed by atoms with Gasteiger partial charge in [0.25, 0.3) is 5.91 Å². The standard InChI is InChI=1S/C30H36N4O2/c31-25-9-11-27(12-10-25)34-19-15-28(16-20-34)36-29-8-4-7-24(21-29)30(35)32-26-13-17-33(18-14-26)22-23-5-2-1-3-6-23/h1-12,21,26,28H,13-20,22,31H2,(H,32,35). The first-order valence-electron chi connectivity index (χ1n) is 13.1. The molecule has 6 nitrogen and oxygen atoms in total. The number of hydrogen-bond donors (Lipinski definition) is 2. The number of anilines is 2. The third kappa shape index (κ3) is 6.38. The minimum Gasteiger partial charge on any atom is -0.490 e. The molecule has 1 amide bonds. The van der Waals surface area contributed by atoms with Crippen LogP contribution in [0.25, 0.3) is 0 Å². The summed E-state index contributed by atoms with van der Waals surface area (Å²) < 4.78 is 6.28. The van der Waals surface area contributed by atoms with Gasteiger partial charge in [-0.05, 0) is 60.9 Å². The molecule has 0 atom stereocenters. The van der Waals surface area contributed by atoms with Gasteiger partial charge in [0.2, 0.25) is 0 Å². The lowest BCUT2D eigenvalue weighted by Gasteiger charge is -2.34. The van der Waals surface area contributed by atoms with Crippen molar-refractivity contribution < 1.29 is 9.53 Å². The maximum absolute atomic E-state index is 13.0. The van der Waals surface area contributed by atoms with Crippen LogP contribution >= 0.6 is 0 Å². The van der Waals surface area contributed by atoms with Gasteiger partial charge in [-0.15, -0.1) is 0 Å². The molecular weight excluding hydrogens is 448 g/mol. The molecule has 2 fully saturated rings. The number of amides is 1. The van der Waals surface area contributed by atoms with Crippen LogP contribution in [0.1, 0.15) is 41.6 Å². The highest BCUT2D eigenvalue weighted by Crippen LogP contribution is 2.25. The van der Waals surface area contributed by atoms with Crippen molar-refractivity contribution in [2.45, 2.75) is 44.4 Å². The van der Waals surface area contributed by atoms with Crippen molar-refractivity contribution in [2.24, 2.45) is 0 Å². The molecule has 3 N–H and O–H groups in total. The second kappa shape index (κ2) is 11.5. The fourth-order valence-electron chi connectivity index (χ4n) is 5.17. The van der Waals surface area contributed by atoms with E-state index in [0.29, 0.717) is 5.56 Å². The zero-order chi connectivity index (χ0) is 24.7. The summed E-state index contributed by atoms with van der Waals surface area (Å²) in [4.78, 5) is 17.8. The summed E-state index contributed by atoms with van der Waals surface area (Å²) in [6.07, 6.45) is 4.00. The Morgan fingerprint density at radius 2 is 1.58 bits per heavy atom. The van der Waals surface area contributed by atoms with Crippen molar-refractivity contribution in [1.29, 1.82) is 0 Å². The fraction of sp³-hybridized carbons (Fsp3) is 0.367. The lowest BCUT2D eigenvalue weighted by atomic mass is 10.0. The number of rotatable bonds is 7. The number of nitrogens with two attached hydrogens (primary N) is 1. The van der Waals surface area contributed by atoms with Crippen molar-refractivity contribution in [3.05, 3.63) is 90.0 Å². The number of nitrogens with zero attached hydrogens (tertiary/aromatic N) is 2. The highest BCUT2D eigenvalue weighted by atomic mass is 16.5. The Hall–Kier alpha value is -3.51. The number of benzene rings is 3. The molecule has 0 aliphatic carbocycles. The quantitative estimate of drug-likeness (QED) is 0.475. The van der Waals surface area contributed by atoms with Gasteiger partial charge in [-0.25, -0.2) is 0 Å². The average Bonchev–Trinajstić information content (AvgIpc) is 2.91. The van der Waals surface area contributed by atoms with Crippen LogP contribution in [0.4, 0.5) is 11.4 Å². The lowest BCUT2D eigenvalue weighted by Crippen LogP contribution is -2.44. The van der Waals surface area contributed by atoms with E-state index in [1.54, 1.807) is 0 Å². The van der Waals surface area contributed by atoms with Crippen LogP contribution < -0.4 is 20.7 Å². The number of nitrogen functional groups attached to an aromatic ring is 1. The molecule has 36 heavy (non-hydrogen) atoms. The number of carbonyl (C=O) groups excluding carboxylic acids is 1. The van der Waals surface area contributed by atoms with E-state index in [1.165, 1.54) is 11.3 Å². The molecule has 2 heterocycles. The number of piperidine rings is 2. The number of nitrogens with one attached hydrogen (secondary N) is 1. The molecular formula is C30H36N4O2. The first kappa shape index (κ1) is 24.2. The van der Waals surface area contributed by atoms with Crippen LogP contribution in [0.5, 0.6) is 5.75 Å². The molecule has 3 aromatic carbocycles. The van der Waals surface area contributed by atoms with E-state index in [2.05, 4.69) is 57.6 Å². The van der Waals surface area contributed by atoms with E-state index < -0.39 is 0 Å². The Bertz CT molecular complexity index is 1120. The van der Waals surface area contributed by atoms with E-state index in [9.17, 15) is 4.79 Å². The van der Waals surface area contributed by atoms with Crippen LogP contribution in [0.15, 0.2) is 78.9 Å². The SMILES string of the molecule is Nc1ccc(N2CCC(Oc3cccc(C(=O)NC4CCN(Cc5ccccc5)CC4)c3)CC2)cc1. The highest BCUT2D eigenvalue weighted by Gasteiger charge is 2.23. The number of likely N-dealkylation sites (tertiary alicyclic amines) is 1. The number of hydrogen-bond acceptors (Lipinski definition) is 5. The summed E-state index contributed by atoms with van der Waals surface area (Å²) in [5.74, 6) is 0.756. The summed E-state index contributed by atoms with van der Waals surface area (Å²) in [5, 5.41) is 3.24. The first-order chi connectivity index (χ1) is 17.6. The Balaban J connectivity index is 1.08. The molecule has 2 saturated heterocycles. The summed E-state index contributed by atoms with van der Waals surface area (Å²) in [5.41, 5.74) is 9.81. The van der Waals surface area contributed by atoms with Gasteiger partial charge in [-0.2, -0.15) is 0 Å². The van der Waals surface area contributed by atoms with Crippen LogP contribution in [-0.2, 0) is 6.54 Å². The molecule has 0 bridgehead atoms. The molecule has 5 rings (SSSR count).